The molecule has 0 saturated heterocycles. The van der Waals surface area contributed by atoms with Crippen molar-refractivity contribution >= 4 is 58.7 Å². The van der Waals surface area contributed by atoms with Crippen LogP contribution in [0.2, 0.25) is 5.15 Å². The predicted octanol–water partition coefficient (Wildman–Crippen LogP) is 4.08. The Labute approximate surface area is 191 Å². The van der Waals surface area contributed by atoms with Crippen molar-refractivity contribution in [3.05, 3.63) is 11.0 Å². The van der Waals surface area contributed by atoms with Crippen LogP contribution in [0.4, 0.5) is 20.8 Å². The Bertz CT molecular complexity index is 996. The summed E-state index contributed by atoms with van der Waals surface area (Å²) in [5, 5.41) is 0.620. The van der Waals surface area contributed by atoms with E-state index in [1.165, 1.54) is 16.3 Å². The monoisotopic (exact) mass is 471 g/mol. The van der Waals surface area contributed by atoms with Crippen LogP contribution in [0.5, 0.6) is 0 Å². The van der Waals surface area contributed by atoms with E-state index in [2.05, 4.69) is 21.7 Å². The van der Waals surface area contributed by atoms with Crippen molar-refractivity contribution in [2.45, 2.75) is 38.5 Å². The number of rotatable bonds is 7. The van der Waals surface area contributed by atoms with Gasteiger partial charge in [0.15, 0.2) is 22.7 Å². The first-order chi connectivity index (χ1) is 14.4. The number of halogens is 2. The molecule has 11 heteroatoms. The summed E-state index contributed by atoms with van der Waals surface area (Å²) in [6, 6.07) is 0. The number of ether oxygens (including phenoxy) is 1. The fourth-order valence-electron chi connectivity index (χ4n) is 2.81. The third kappa shape index (κ3) is 5.94. The van der Waals surface area contributed by atoms with E-state index in [1.54, 1.807) is 39.8 Å². The van der Waals surface area contributed by atoms with Gasteiger partial charge in [-0.1, -0.05) is 23.4 Å². The highest BCUT2D eigenvalue weighted by molar-refractivity contribution is 7.98. The Morgan fingerprint density at radius 1 is 1.26 bits per heavy atom. The minimum atomic E-state index is -0.690. The molecule has 31 heavy (non-hydrogen) atoms. The van der Waals surface area contributed by atoms with Crippen LogP contribution in [0.1, 0.15) is 27.7 Å². The average Bonchev–Trinajstić information content (AvgIpc) is 2.68. The van der Waals surface area contributed by atoms with Gasteiger partial charge in [-0.25, -0.2) is 19.3 Å². The van der Waals surface area contributed by atoms with Gasteiger partial charge >= 0.3 is 6.09 Å². The number of hydrogen-bond donors (Lipinski definition) is 0. The third-order valence-electron chi connectivity index (χ3n) is 4.27. The molecule has 1 amide bonds. The van der Waals surface area contributed by atoms with E-state index in [0.29, 0.717) is 35.3 Å². The van der Waals surface area contributed by atoms with E-state index in [0.717, 1.165) is 0 Å². The van der Waals surface area contributed by atoms with Crippen molar-refractivity contribution in [2.75, 3.05) is 49.8 Å². The number of aromatic nitrogens is 3. The van der Waals surface area contributed by atoms with Crippen molar-refractivity contribution in [1.29, 1.82) is 0 Å². The molecule has 170 valence electrons. The maximum Gasteiger partial charge on any atom is 0.596 e. The number of thioether (sulfide) groups is 1. The van der Waals surface area contributed by atoms with Crippen LogP contribution in [0.3, 0.4) is 0 Å². The molecule has 2 heterocycles. The molecule has 8 nitrogen and oxygen atoms in total. The maximum atomic E-state index is 14.9. The summed E-state index contributed by atoms with van der Waals surface area (Å²) in [6.45, 7) is 12.4. The first-order valence-corrected chi connectivity index (χ1v) is 11.3. The van der Waals surface area contributed by atoms with Crippen molar-refractivity contribution in [2.24, 2.45) is 0 Å². The molecule has 0 atom stereocenters. The lowest BCUT2D eigenvalue weighted by Crippen LogP contribution is -2.36. The van der Waals surface area contributed by atoms with Crippen LogP contribution in [-0.4, -0.2) is 77.9 Å². The SMILES string of the molecule is C=[N+](CCN(CC)c1nc(SC)nc2c(F)c(Cl)nc(N(C)C)c12)C(=O)OC(C)(C)C. The maximum absolute atomic E-state index is 14.9. The topological polar surface area (TPSA) is 74.5 Å². The number of likely N-dealkylation sites (N-methyl/N-ethyl adjacent to an activating group) is 1. The molecule has 2 rings (SSSR count). The molecule has 0 aromatic carbocycles. The van der Waals surface area contributed by atoms with Crippen molar-refractivity contribution < 1.29 is 18.5 Å². The van der Waals surface area contributed by atoms with Crippen LogP contribution in [0, 0.1) is 5.82 Å². The molecule has 2 aromatic rings. The van der Waals surface area contributed by atoms with Gasteiger partial charge in [-0.05, 0) is 34.0 Å². The average molecular weight is 472 g/mol. The fraction of sp³-hybridized carbons (Fsp3) is 0.550. The second-order valence-electron chi connectivity index (χ2n) is 8.02. The van der Waals surface area contributed by atoms with Crippen LogP contribution >= 0.6 is 23.4 Å². The summed E-state index contributed by atoms with van der Waals surface area (Å²) in [7, 11) is 3.58. The van der Waals surface area contributed by atoms with Crippen molar-refractivity contribution in [3.8, 4) is 0 Å². The van der Waals surface area contributed by atoms with Gasteiger partial charge in [0, 0.05) is 20.6 Å². The van der Waals surface area contributed by atoms with Gasteiger partial charge in [0.25, 0.3) is 0 Å². The van der Waals surface area contributed by atoms with Gasteiger partial charge in [-0.15, -0.1) is 4.58 Å². The highest BCUT2D eigenvalue weighted by Crippen LogP contribution is 2.36. The largest absolute Gasteiger partial charge is 0.596 e. The third-order valence-corrected chi connectivity index (χ3v) is 5.06. The van der Waals surface area contributed by atoms with E-state index < -0.39 is 17.5 Å². The standard InChI is InChI=1S/C20H29ClFN6O2S/c1-9-28(11-10-27(7)19(29)30-20(2,3)4)17-12-14(23-18(25-17)31-8)13(22)15(21)24-16(12)26(5)6/h7,9-11H2,1-6,8H3/q+1. The molecule has 2 aromatic heterocycles. The molecule has 0 bridgehead atoms. The normalized spacial score (nSPS) is 11.5. The second-order valence-corrected chi connectivity index (χ2v) is 9.15. The molecule has 0 aliphatic rings. The molecule has 0 N–H and O–H groups in total. The smallest absolute Gasteiger partial charge is 0.406 e. The summed E-state index contributed by atoms with van der Waals surface area (Å²) < 4.78 is 21.5. The highest BCUT2D eigenvalue weighted by atomic mass is 35.5. The Morgan fingerprint density at radius 2 is 1.90 bits per heavy atom. The van der Waals surface area contributed by atoms with Gasteiger partial charge in [0.2, 0.25) is 0 Å². The zero-order valence-corrected chi connectivity index (χ0v) is 20.6. The zero-order chi connectivity index (χ0) is 23.5. The molecular formula is C20H29ClFN6O2S+. The zero-order valence-electron chi connectivity index (χ0n) is 19.0. The van der Waals surface area contributed by atoms with Gasteiger partial charge in [-0.2, -0.15) is 4.79 Å². The molecule has 0 radical (unpaired) electrons. The van der Waals surface area contributed by atoms with E-state index in [-0.39, 0.29) is 17.2 Å². The number of carbonyl (C=O) groups is 1. The minimum absolute atomic E-state index is 0.107. The van der Waals surface area contributed by atoms with E-state index >= 15 is 0 Å². The molecule has 0 aliphatic carbocycles. The van der Waals surface area contributed by atoms with Crippen LogP contribution in [-0.2, 0) is 4.74 Å². The lowest BCUT2D eigenvalue weighted by atomic mass is 10.2. The van der Waals surface area contributed by atoms with Crippen LogP contribution < -0.4 is 9.80 Å². The van der Waals surface area contributed by atoms with Crippen molar-refractivity contribution in [1.82, 2.24) is 15.0 Å². The summed E-state index contributed by atoms with van der Waals surface area (Å²) in [4.78, 5) is 29.1. The quantitative estimate of drug-likeness (QED) is 0.196. The minimum Gasteiger partial charge on any atom is -0.406 e. The number of anilines is 2. The first-order valence-electron chi connectivity index (χ1n) is 9.73. The molecule has 0 saturated carbocycles. The number of carbonyl (C=O) groups excluding carboxylic acids is 1. The molecule has 0 aliphatic heterocycles. The molecular weight excluding hydrogens is 443 g/mol. The van der Waals surface area contributed by atoms with Crippen LogP contribution in [0.25, 0.3) is 10.9 Å². The lowest BCUT2D eigenvalue weighted by Gasteiger charge is -2.25. The first kappa shape index (κ1) is 25.1. The van der Waals surface area contributed by atoms with E-state index in [9.17, 15) is 9.18 Å². The van der Waals surface area contributed by atoms with Gasteiger partial charge in [0.1, 0.15) is 29.5 Å². The van der Waals surface area contributed by atoms with Gasteiger partial charge in [-0.3, -0.25) is 0 Å². The summed E-state index contributed by atoms with van der Waals surface area (Å²) in [5.41, 5.74) is -0.508. The number of amides is 1. The van der Waals surface area contributed by atoms with Gasteiger partial charge in [0.05, 0.1) is 11.9 Å². The number of pyridine rings is 1. The van der Waals surface area contributed by atoms with Crippen molar-refractivity contribution in [3.63, 3.8) is 0 Å². The highest BCUT2D eigenvalue weighted by Gasteiger charge is 2.27. The molecule has 0 unspecified atom stereocenters. The Hall–Kier alpha value is -2.20. The summed E-state index contributed by atoms with van der Waals surface area (Å²) in [5.74, 6) is 0.284. The Morgan fingerprint density at radius 3 is 2.42 bits per heavy atom. The summed E-state index contributed by atoms with van der Waals surface area (Å²) >= 11 is 7.33. The summed E-state index contributed by atoms with van der Waals surface area (Å²) in [6.07, 6.45) is 1.30. The van der Waals surface area contributed by atoms with Crippen LogP contribution in [0.15, 0.2) is 5.16 Å². The number of nitrogens with zero attached hydrogens (tertiary/aromatic N) is 6. The number of fused-ring (bicyclic) bond motifs is 1. The van der Waals surface area contributed by atoms with Gasteiger partial charge < -0.3 is 14.5 Å². The predicted molar refractivity (Wildman–Crippen MR) is 125 cm³/mol. The fourth-order valence-corrected chi connectivity index (χ4v) is 3.34. The van der Waals surface area contributed by atoms with E-state index in [1.807, 2.05) is 18.1 Å². The molecule has 0 spiro atoms. The number of hydrogen-bond acceptors (Lipinski definition) is 8. The Balaban J connectivity index is 2.50. The Kier molecular flexibility index (Phi) is 8.04. The second kappa shape index (κ2) is 9.95. The molecule has 0 fully saturated rings. The van der Waals surface area contributed by atoms with E-state index in [4.69, 9.17) is 16.3 Å². The lowest BCUT2D eigenvalue weighted by molar-refractivity contribution is -0.439.